The zero-order valence-corrected chi connectivity index (χ0v) is 19.0. The summed E-state index contributed by atoms with van der Waals surface area (Å²) in [5.74, 6) is 1.55. The molecule has 7 heteroatoms. The van der Waals surface area contributed by atoms with E-state index in [1.165, 1.54) is 11.6 Å². The maximum absolute atomic E-state index is 13.8. The van der Waals surface area contributed by atoms with Crippen LogP contribution in [0.5, 0.6) is 5.75 Å². The fourth-order valence-corrected chi connectivity index (χ4v) is 4.08. The first-order valence-corrected chi connectivity index (χ1v) is 11.4. The summed E-state index contributed by atoms with van der Waals surface area (Å²) in [6.45, 7) is 8.04. The van der Waals surface area contributed by atoms with Crippen molar-refractivity contribution in [3.63, 3.8) is 0 Å². The largest absolute Gasteiger partial charge is 0.492 e. The maximum atomic E-state index is 13.8. The van der Waals surface area contributed by atoms with Crippen LogP contribution in [0.2, 0.25) is 0 Å². The van der Waals surface area contributed by atoms with Gasteiger partial charge >= 0.3 is 0 Å². The Labute approximate surface area is 189 Å². The van der Waals surface area contributed by atoms with E-state index in [-0.39, 0.29) is 5.82 Å². The van der Waals surface area contributed by atoms with Crippen molar-refractivity contribution in [2.75, 3.05) is 51.3 Å². The monoisotopic (exact) mass is 437 g/mol. The topological polar surface area (TPSA) is 53.5 Å². The molecule has 1 aliphatic rings. The number of ether oxygens (including phenoxy) is 1. The number of fused-ring (bicyclic) bond motifs is 2. The van der Waals surface area contributed by atoms with E-state index >= 15 is 0 Å². The number of hydrogen-bond acceptors (Lipinski definition) is 6. The molecule has 32 heavy (non-hydrogen) atoms. The highest BCUT2D eigenvalue weighted by Crippen LogP contribution is 2.25. The predicted molar refractivity (Wildman–Crippen MR) is 127 cm³/mol. The van der Waals surface area contributed by atoms with Crippen molar-refractivity contribution in [3.8, 4) is 5.75 Å². The van der Waals surface area contributed by atoms with E-state index in [1.807, 2.05) is 18.3 Å². The highest BCUT2D eigenvalue weighted by atomic mass is 19.1. The second-order valence-corrected chi connectivity index (χ2v) is 8.30. The normalized spacial score (nSPS) is 13.2. The fraction of sp³-hybridized carbons (Fsp3) is 0.440. The number of pyridine rings is 2. The summed E-state index contributed by atoms with van der Waals surface area (Å²) in [5.41, 5.74) is 2.32. The van der Waals surface area contributed by atoms with Crippen LogP contribution < -0.4 is 15.0 Å². The quantitative estimate of drug-likeness (QED) is 0.489. The minimum Gasteiger partial charge on any atom is -0.492 e. The molecule has 3 aromatic rings. The third-order valence-corrected chi connectivity index (χ3v) is 5.97. The Morgan fingerprint density at radius 1 is 1.12 bits per heavy atom. The highest BCUT2D eigenvalue weighted by Gasteiger charge is 2.13. The number of anilines is 1. The van der Waals surface area contributed by atoms with Gasteiger partial charge in [0.1, 0.15) is 17.4 Å². The van der Waals surface area contributed by atoms with Crippen LogP contribution >= 0.6 is 0 Å². The molecule has 4 rings (SSSR count). The third-order valence-electron chi connectivity index (χ3n) is 5.97. The van der Waals surface area contributed by atoms with Crippen molar-refractivity contribution in [2.24, 2.45) is 0 Å². The zero-order valence-electron chi connectivity index (χ0n) is 19.0. The Kier molecular flexibility index (Phi) is 7.50. The fourth-order valence-electron chi connectivity index (χ4n) is 4.08. The molecule has 0 bridgehead atoms. The van der Waals surface area contributed by atoms with E-state index in [1.54, 1.807) is 12.3 Å². The molecule has 0 aliphatic carbocycles. The number of halogens is 1. The van der Waals surface area contributed by atoms with Gasteiger partial charge in [0.2, 0.25) is 0 Å². The Balaban J connectivity index is 1.25. The van der Waals surface area contributed by atoms with Gasteiger partial charge in [0.05, 0.1) is 18.5 Å². The standard InChI is InChI=1S/C25H32FN5O/c1-3-31(25-23-16-21(26)7-6-19(23)8-9-28-25)13-12-30(2)11-10-27-17-22-15-20-5-4-14-32-24(20)18-29-22/h6-9,15-16,18,27H,3-5,10-14,17H2,1-2H3. The Hall–Kier alpha value is -2.77. The highest BCUT2D eigenvalue weighted by molar-refractivity contribution is 5.92. The van der Waals surface area contributed by atoms with Crippen LogP contribution in [0, 0.1) is 5.82 Å². The third kappa shape index (κ3) is 5.53. The smallest absolute Gasteiger partial charge is 0.140 e. The van der Waals surface area contributed by atoms with Gasteiger partial charge in [0, 0.05) is 50.9 Å². The molecule has 0 fully saturated rings. The lowest BCUT2D eigenvalue weighted by molar-refractivity contribution is 0.286. The van der Waals surface area contributed by atoms with Crippen LogP contribution in [0.4, 0.5) is 10.2 Å². The molecule has 0 saturated carbocycles. The van der Waals surface area contributed by atoms with Crippen molar-refractivity contribution in [1.29, 1.82) is 0 Å². The second kappa shape index (κ2) is 10.7. The summed E-state index contributed by atoms with van der Waals surface area (Å²) in [7, 11) is 2.13. The molecular weight excluding hydrogens is 405 g/mol. The van der Waals surface area contributed by atoms with E-state index in [4.69, 9.17) is 4.74 Å². The molecule has 0 radical (unpaired) electrons. The molecule has 0 unspecified atom stereocenters. The molecule has 170 valence electrons. The number of likely N-dealkylation sites (N-methyl/N-ethyl adjacent to an activating group) is 2. The average molecular weight is 438 g/mol. The summed E-state index contributed by atoms with van der Waals surface area (Å²) in [6, 6.07) is 8.97. The van der Waals surface area contributed by atoms with Gasteiger partial charge in [-0.05, 0) is 62.0 Å². The minimum atomic E-state index is -0.230. The molecule has 2 aromatic heterocycles. The molecule has 1 aliphatic heterocycles. The van der Waals surface area contributed by atoms with Gasteiger partial charge < -0.3 is 19.9 Å². The van der Waals surface area contributed by atoms with Gasteiger partial charge in [0.25, 0.3) is 0 Å². The van der Waals surface area contributed by atoms with E-state index in [0.717, 1.165) is 86.8 Å². The van der Waals surface area contributed by atoms with Crippen LogP contribution in [-0.2, 0) is 13.0 Å². The van der Waals surface area contributed by atoms with Crippen molar-refractivity contribution < 1.29 is 9.13 Å². The van der Waals surface area contributed by atoms with Crippen LogP contribution in [0.15, 0.2) is 42.7 Å². The SMILES string of the molecule is CCN(CCN(C)CCNCc1cc2c(cn1)OCCC2)c1nccc2ccc(F)cc12. The zero-order chi connectivity index (χ0) is 22.3. The first-order valence-electron chi connectivity index (χ1n) is 11.4. The van der Waals surface area contributed by atoms with Crippen LogP contribution in [0.3, 0.4) is 0 Å². The lowest BCUT2D eigenvalue weighted by atomic mass is 10.1. The molecule has 1 aromatic carbocycles. The molecule has 0 atom stereocenters. The molecule has 3 heterocycles. The molecule has 0 amide bonds. The van der Waals surface area contributed by atoms with Crippen molar-refractivity contribution in [2.45, 2.75) is 26.3 Å². The number of rotatable bonds is 10. The number of benzene rings is 1. The Morgan fingerprint density at radius 3 is 2.91 bits per heavy atom. The van der Waals surface area contributed by atoms with Crippen molar-refractivity contribution in [3.05, 3.63) is 59.8 Å². The second-order valence-electron chi connectivity index (χ2n) is 8.30. The van der Waals surface area contributed by atoms with Crippen LogP contribution in [0.1, 0.15) is 24.6 Å². The number of nitrogens with zero attached hydrogens (tertiary/aromatic N) is 4. The van der Waals surface area contributed by atoms with Gasteiger partial charge in [-0.1, -0.05) is 6.07 Å². The number of aryl methyl sites for hydroxylation is 1. The predicted octanol–water partition coefficient (Wildman–Crippen LogP) is 3.64. The molecule has 0 saturated heterocycles. The lowest BCUT2D eigenvalue weighted by Crippen LogP contribution is -2.36. The molecule has 1 N–H and O–H groups in total. The van der Waals surface area contributed by atoms with Gasteiger partial charge in [-0.2, -0.15) is 0 Å². The van der Waals surface area contributed by atoms with Gasteiger partial charge in [-0.25, -0.2) is 9.37 Å². The van der Waals surface area contributed by atoms with Crippen LogP contribution in [-0.4, -0.2) is 61.2 Å². The molecular formula is C25H32FN5O. The maximum Gasteiger partial charge on any atom is 0.140 e. The average Bonchev–Trinajstić information content (AvgIpc) is 2.82. The Morgan fingerprint density at radius 2 is 2.03 bits per heavy atom. The van der Waals surface area contributed by atoms with E-state index in [9.17, 15) is 4.39 Å². The lowest BCUT2D eigenvalue weighted by Gasteiger charge is -2.26. The number of nitrogens with one attached hydrogen (secondary N) is 1. The van der Waals surface area contributed by atoms with E-state index < -0.39 is 0 Å². The summed E-state index contributed by atoms with van der Waals surface area (Å²) in [6.07, 6.45) is 5.79. The van der Waals surface area contributed by atoms with Crippen molar-refractivity contribution in [1.82, 2.24) is 20.2 Å². The Bertz CT molecular complexity index is 1040. The summed E-state index contributed by atoms with van der Waals surface area (Å²) in [5, 5.41) is 5.36. The number of hydrogen-bond donors (Lipinski definition) is 1. The van der Waals surface area contributed by atoms with E-state index in [2.05, 4.69) is 45.1 Å². The van der Waals surface area contributed by atoms with Crippen molar-refractivity contribution >= 4 is 16.6 Å². The first-order chi connectivity index (χ1) is 15.6. The summed E-state index contributed by atoms with van der Waals surface area (Å²) in [4.78, 5) is 13.6. The van der Waals surface area contributed by atoms with Gasteiger partial charge in [-0.15, -0.1) is 0 Å². The molecule has 6 nitrogen and oxygen atoms in total. The number of aromatic nitrogens is 2. The minimum absolute atomic E-state index is 0.230. The summed E-state index contributed by atoms with van der Waals surface area (Å²) < 4.78 is 19.4. The first kappa shape index (κ1) is 22.4. The molecule has 0 spiro atoms. The van der Waals surface area contributed by atoms with Gasteiger partial charge in [0.15, 0.2) is 0 Å². The summed E-state index contributed by atoms with van der Waals surface area (Å²) >= 11 is 0. The van der Waals surface area contributed by atoms with E-state index in [0.29, 0.717) is 0 Å². The van der Waals surface area contributed by atoms with Crippen LogP contribution in [0.25, 0.3) is 10.8 Å². The van der Waals surface area contributed by atoms with Gasteiger partial charge in [-0.3, -0.25) is 4.98 Å².